The van der Waals surface area contributed by atoms with Gasteiger partial charge in [-0.25, -0.2) is 0 Å². The SMILES string of the molecule is CC1CCCCC1C(=O)Nc1ccc(-c2cc3cc(C(=O)Nc4ccccc4)ccc3[nH]2)cc1. The van der Waals surface area contributed by atoms with Gasteiger partial charge >= 0.3 is 0 Å². The Morgan fingerprint density at radius 2 is 1.56 bits per heavy atom. The number of fused-ring (bicyclic) bond motifs is 1. The summed E-state index contributed by atoms with van der Waals surface area (Å²) in [5.74, 6) is 0.546. The first-order valence-electron chi connectivity index (χ1n) is 12.0. The van der Waals surface area contributed by atoms with Gasteiger partial charge in [0.2, 0.25) is 5.91 Å². The van der Waals surface area contributed by atoms with Gasteiger partial charge in [0.1, 0.15) is 0 Å². The Morgan fingerprint density at radius 3 is 2.32 bits per heavy atom. The molecule has 0 aliphatic heterocycles. The number of aromatic nitrogens is 1. The number of rotatable bonds is 5. The van der Waals surface area contributed by atoms with Crippen LogP contribution in [0.25, 0.3) is 22.2 Å². The minimum atomic E-state index is -0.136. The normalized spacial score (nSPS) is 17.9. The monoisotopic (exact) mass is 451 g/mol. The molecule has 0 spiro atoms. The number of nitrogens with one attached hydrogen (secondary N) is 3. The molecule has 5 rings (SSSR count). The molecule has 0 saturated heterocycles. The molecule has 1 fully saturated rings. The summed E-state index contributed by atoms with van der Waals surface area (Å²) in [4.78, 5) is 28.8. The third kappa shape index (κ3) is 4.74. The van der Waals surface area contributed by atoms with Crippen molar-refractivity contribution in [2.75, 3.05) is 10.6 Å². The molecule has 34 heavy (non-hydrogen) atoms. The van der Waals surface area contributed by atoms with Crippen LogP contribution in [0.15, 0.2) is 78.9 Å². The number of hydrogen-bond acceptors (Lipinski definition) is 2. The Labute approximate surface area is 199 Å². The number of H-pyrrole nitrogens is 1. The summed E-state index contributed by atoms with van der Waals surface area (Å²) in [6.07, 6.45) is 4.47. The second-order valence-electron chi connectivity index (χ2n) is 9.24. The minimum Gasteiger partial charge on any atom is -0.355 e. The van der Waals surface area contributed by atoms with E-state index >= 15 is 0 Å². The lowest BCUT2D eigenvalue weighted by Gasteiger charge is -2.27. The van der Waals surface area contributed by atoms with Gasteiger partial charge in [0.15, 0.2) is 0 Å². The van der Waals surface area contributed by atoms with Gasteiger partial charge in [0.25, 0.3) is 5.91 Å². The highest BCUT2D eigenvalue weighted by Gasteiger charge is 2.27. The van der Waals surface area contributed by atoms with E-state index in [0.29, 0.717) is 11.5 Å². The Kier molecular flexibility index (Phi) is 6.17. The Morgan fingerprint density at radius 1 is 0.824 bits per heavy atom. The molecule has 3 N–H and O–H groups in total. The van der Waals surface area contributed by atoms with Crippen molar-refractivity contribution in [1.29, 1.82) is 0 Å². The van der Waals surface area contributed by atoms with Crippen LogP contribution in [0.5, 0.6) is 0 Å². The summed E-state index contributed by atoms with van der Waals surface area (Å²) in [6, 6.07) is 25.1. The number of carbonyl (C=O) groups excluding carboxylic acids is 2. The topological polar surface area (TPSA) is 74.0 Å². The van der Waals surface area contributed by atoms with Crippen LogP contribution in [0.3, 0.4) is 0 Å². The number of para-hydroxylation sites is 1. The molecule has 2 atom stereocenters. The summed E-state index contributed by atoms with van der Waals surface area (Å²) in [6.45, 7) is 2.18. The fraction of sp³-hybridized carbons (Fsp3) is 0.241. The van der Waals surface area contributed by atoms with Gasteiger partial charge in [-0.2, -0.15) is 0 Å². The molecule has 1 saturated carbocycles. The van der Waals surface area contributed by atoms with E-state index in [1.807, 2.05) is 78.9 Å². The molecular weight excluding hydrogens is 422 g/mol. The van der Waals surface area contributed by atoms with Crippen LogP contribution in [0.4, 0.5) is 11.4 Å². The zero-order chi connectivity index (χ0) is 23.5. The summed E-state index contributed by atoms with van der Waals surface area (Å²) < 4.78 is 0. The molecule has 1 aromatic heterocycles. The number of anilines is 2. The molecule has 3 aromatic carbocycles. The molecule has 1 aliphatic carbocycles. The summed E-state index contributed by atoms with van der Waals surface area (Å²) >= 11 is 0. The highest BCUT2D eigenvalue weighted by molar-refractivity contribution is 6.06. The van der Waals surface area contributed by atoms with Gasteiger partial charge in [0, 0.05) is 39.5 Å². The van der Waals surface area contributed by atoms with E-state index in [1.54, 1.807) is 0 Å². The van der Waals surface area contributed by atoms with Crippen LogP contribution in [0.1, 0.15) is 43.0 Å². The second-order valence-corrected chi connectivity index (χ2v) is 9.24. The van der Waals surface area contributed by atoms with Crippen LogP contribution in [-0.4, -0.2) is 16.8 Å². The number of hydrogen-bond donors (Lipinski definition) is 3. The highest BCUT2D eigenvalue weighted by Crippen LogP contribution is 2.31. The first-order chi connectivity index (χ1) is 16.6. The van der Waals surface area contributed by atoms with Gasteiger partial charge in [-0.15, -0.1) is 0 Å². The summed E-state index contributed by atoms with van der Waals surface area (Å²) in [7, 11) is 0. The predicted octanol–water partition coefficient (Wildman–Crippen LogP) is 6.85. The average molecular weight is 452 g/mol. The van der Waals surface area contributed by atoms with Crippen molar-refractivity contribution in [1.82, 2.24) is 4.98 Å². The van der Waals surface area contributed by atoms with Crippen LogP contribution in [-0.2, 0) is 4.79 Å². The first kappa shape index (κ1) is 22.0. The lowest BCUT2D eigenvalue weighted by Crippen LogP contribution is -2.30. The number of aromatic amines is 1. The zero-order valence-electron chi connectivity index (χ0n) is 19.3. The van der Waals surface area contributed by atoms with Crippen molar-refractivity contribution < 1.29 is 9.59 Å². The molecule has 1 aliphatic rings. The van der Waals surface area contributed by atoms with E-state index < -0.39 is 0 Å². The Bertz CT molecular complexity index is 1310. The third-order valence-electron chi connectivity index (χ3n) is 6.83. The van der Waals surface area contributed by atoms with E-state index in [0.717, 1.165) is 52.8 Å². The maximum absolute atomic E-state index is 12.7. The maximum atomic E-state index is 12.7. The van der Waals surface area contributed by atoms with Crippen molar-refractivity contribution in [2.24, 2.45) is 11.8 Å². The highest BCUT2D eigenvalue weighted by atomic mass is 16.2. The van der Waals surface area contributed by atoms with E-state index in [9.17, 15) is 9.59 Å². The molecule has 0 radical (unpaired) electrons. The Hall–Kier alpha value is -3.86. The lowest BCUT2D eigenvalue weighted by molar-refractivity contribution is -0.122. The maximum Gasteiger partial charge on any atom is 0.255 e. The molecule has 2 amide bonds. The van der Waals surface area contributed by atoms with Crippen LogP contribution < -0.4 is 10.6 Å². The summed E-state index contributed by atoms with van der Waals surface area (Å²) in [5.41, 5.74) is 5.16. The quantitative estimate of drug-likeness (QED) is 0.310. The van der Waals surface area contributed by atoms with Gasteiger partial charge in [-0.1, -0.05) is 50.1 Å². The second kappa shape index (κ2) is 9.56. The van der Waals surface area contributed by atoms with Gasteiger partial charge < -0.3 is 15.6 Å². The number of amides is 2. The zero-order valence-corrected chi connectivity index (χ0v) is 19.3. The molecule has 172 valence electrons. The molecule has 5 heteroatoms. The number of carbonyl (C=O) groups is 2. The fourth-order valence-corrected chi connectivity index (χ4v) is 4.83. The van der Waals surface area contributed by atoms with E-state index in [1.165, 1.54) is 6.42 Å². The fourth-order valence-electron chi connectivity index (χ4n) is 4.83. The van der Waals surface area contributed by atoms with Crippen molar-refractivity contribution in [3.8, 4) is 11.3 Å². The van der Waals surface area contributed by atoms with E-state index in [4.69, 9.17) is 0 Å². The smallest absolute Gasteiger partial charge is 0.255 e. The lowest BCUT2D eigenvalue weighted by atomic mass is 9.80. The standard InChI is InChI=1S/C29H29N3O2/c1-19-7-5-6-10-25(19)29(34)31-24-14-11-20(12-15-24)27-18-22-17-21(13-16-26(22)32-27)28(33)30-23-8-3-2-4-9-23/h2-4,8-9,11-19,25,32H,5-7,10H2,1H3,(H,30,33)(H,31,34). The Balaban J connectivity index is 1.29. The van der Waals surface area contributed by atoms with Crippen LogP contribution in [0.2, 0.25) is 0 Å². The average Bonchev–Trinajstić information content (AvgIpc) is 3.29. The minimum absolute atomic E-state index is 0.107. The molecule has 5 nitrogen and oxygen atoms in total. The van der Waals surface area contributed by atoms with Gasteiger partial charge in [-0.3, -0.25) is 9.59 Å². The largest absolute Gasteiger partial charge is 0.355 e. The molecule has 0 bridgehead atoms. The van der Waals surface area contributed by atoms with Crippen molar-refractivity contribution in [3.05, 3.63) is 84.4 Å². The van der Waals surface area contributed by atoms with Crippen molar-refractivity contribution in [2.45, 2.75) is 32.6 Å². The van der Waals surface area contributed by atoms with Crippen LogP contribution in [0, 0.1) is 11.8 Å². The molecular formula is C29H29N3O2. The predicted molar refractivity (Wildman–Crippen MR) is 138 cm³/mol. The van der Waals surface area contributed by atoms with Gasteiger partial charge in [0.05, 0.1) is 0 Å². The van der Waals surface area contributed by atoms with Crippen LogP contribution >= 0.6 is 0 Å². The number of benzene rings is 3. The molecule has 4 aromatic rings. The van der Waals surface area contributed by atoms with E-state index in [-0.39, 0.29) is 17.7 Å². The molecule has 2 unspecified atom stereocenters. The first-order valence-corrected chi connectivity index (χ1v) is 12.0. The van der Waals surface area contributed by atoms with Gasteiger partial charge in [-0.05, 0) is 72.9 Å². The van der Waals surface area contributed by atoms with Crippen molar-refractivity contribution in [3.63, 3.8) is 0 Å². The molecule has 1 heterocycles. The van der Waals surface area contributed by atoms with E-state index in [2.05, 4.69) is 22.5 Å². The third-order valence-corrected chi connectivity index (χ3v) is 6.83. The summed E-state index contributed by atoms with van der Waals surface area (Å²) in [5, 5.41) is 6.99. The van der Waals surface area contributed by atoms with Crippen molar-refractivity contribution >= 4 is 34.1 Å².